The zero-order valence-electron chi connectivity index (χ0n) is 19.9. The molecule has 4 aromatic rings. The summed E-state index contributed by atoms with van der Waals surface area (Å²) in [5.74, 6) is -0.410. The lowest BCUT2D eigenvalue weighted by molar-refractivity contribution is -0.117. The van der Waals surface area contributed by atoms with Crippen LogP contribution in [0.1, 0.15) is 36.6 Å². The van der Waals surface area contributed by atoms with E-state index >= 15 is 0 Å². The number of anilines is 1. The molecule has 0 radical (unpaired) electrons. The first kappa shape index (κ1) is 25.3. The molecule has 9 nitrogen and oxygen atoms in total. The lowest BCUT2D eigenvalue weighted by Gasteiger charge is -2.20. The van der Waals surface area contributed by atoms with Gasteiger partial charge in [0.1, 0.15) is 16.4 Å². The summed E-state index contributed by atoms with van der Waals surface area (Å²) in [6.45, 7) is 6.42. The van der Waals surface area contributed by atoms with Crippen molar-refractivity contribution >= 4 is 44.2 Å². The number of hydrogen-bond donors (Lipinski definition) is 2. The fourth-order valence-electron chi connectivity index (χ4n) is 3.91. The van der Waals surface area contributed by atoms with E-state index in [0.717, 1.165) is 12.5 Å². The number of carbonyl (C=O) groups is 1. The number of nitrogens with one attached hydrogen (secondary N) is 2. The maximum atomic E-state index is 13.3. The second kappa shape index (κ2) is 9.71. The van der Waals surface area contributed by atoms with Crippen LogP contribution in [0, 0.1) is 13.8 Å². The number of rotatable bonds is 6. The Morgan fingerprint density at radius 2 is 1.89 bits per heavy atom. The first-order valence-corrected chi connectivity index (χ1v) is 12.8. The summed E-state index contributed by atoms with van der Waals surface area (Å²) >= 11 is 5.95. The summed E-state index contributed by atoms with van der Waals surface area (Å²) in [7, 11) is -4.29. The number of pyridine rings is 2. The largest absolute Gasteiger partial charge is 0.454 e. The number of hydrogen-bond acceptors (Lipinski definition) is 8. The highest BCUT2D eigenvalue weighted by Crippen LogP contribution is 2.33. The average Bonchev–Trinajstić information content (AvgIpc) is 2.82. The Morgan fingerprint density at radius 3 is 2.56 bits per heavy atom. The third kappa shape index (κ3) is 4.95. The van der Waals surface area contributed by atoms with Gasteiger partial charge in [0, 0.05) is 24.2 Å². The Morgan fingerprint density at radius 1 is 1.14 bits per heavy atom. The summed E-state index contributed by atoms with van der Waals surface area (Å²) in [6, 6.07) is 11.3. The van der Waals surface area contributed by atoms with Crippen molar-refractivity contribution in [1.29, 1.82) is 0 Å². The van der Waals surface area contributed by atoms with Crippen molar-refractivity contribution in [3.05, 3.63) is 80.7 Å². The van der Waals surface area contributed by atoms with E-state index in [-0.39, 0.29) is 16.3 Å². The average molecular weight is 527 g/mol. The molecule has 1 amide bonds. The van der Waals surface area contributed by atoms with E-state index < -0.39 is 27.0 Å². The third-order valence-electron chi connectivity index (χ3n) is 5.49. The molecule has 0 aliphatic rings. The van der Waals surface area contributed by atoms with Crippen LogP contribution in [0.3, 0.4) is 0 Å². The molecule has 11 heteroatoms. The molecule has 2 N–H and O–H groups in total. The van der Waals surface area contributed by atoms with Crippen molar-refractivity contribution in [2.24, 2.45) is 0 Å². The van der Waals surface area contributed by atoms with Gasteiger partial charge in [-0.25, -0.2) is 9.71 Å². The number of aromatic nitrogens is 2. The second-order valence-electron chi connectivity index (χ2n) is 8.35. The van der Waals surface area contributed by atoms with E-state index in [1.807, 2.05) is 17.7 Å². The molecule has 0 unspecified atom stereocenters. The predicted octanol–water partition coefficient (Wildman–Crippen LogP) is 4.52. The number of aryl methyl sites for hydroxylation is 1. The molecule has 0 saturated carbocycles. The van der Waals surface area contributed by atoms with Crippen molar-refractivity contribution in [3.63, 3.8) is 0 Å². The quantitative estimate of drug-likeness (QED) is 0.350. The van der Waals surface area contributed by atoms with Gasteiger partial charge >= 0.3 is 0 Å². The molecule has 1 aromatic carbocycles. The van der Waals surface area contributed by atoms with Gasteiger partial charge in [-0.1, -0.05) is 23.7 Å². The standard InChI is InChI=1S/C25H23ClN4O5S/c1-13-11-17(15(3)28-20-8-9-21(26)29-25(20)36(33,34)30-16(4)31)24-18(12-13)22(32)14(2)23(35-24)19-7-5-6-10-27-19/h5-12,15,28H,1-4H3,(H,30,31)/t15-/m1/s1. The van der Waals surface area contributed by atoms with Gasteiger partial charge in [0.25, 0.3) is 10.0 Å². The van der Waals surface area contributed by atoms with Gasteiger partial charge in [0.2, 0.25) is 10.9 Å². The fourth-order valence-corrected chi connectivity index (χ4v) is 5.22. The van der Waals surface area contributed by atoms with E-state index in [1.54, 1.807) is 44.3 Å². The minimum absolute atomic E-state index is 0.0559. The summed E-state index contributed by atoms with van der Waals surface area (Å²) in [5, 5.41) is 3.03. The number of fused-ring (bicyclic) bond motifs is 1. The van der Waals surface area contributed by atoms with Gasteiger partial charge in [-0.3, -0.25) is 14.6 Å². The van der Waals surface area contributed by atoms with Crippen LogP contribution in [-0.4, -0.2) is 24.3 Å². The monoisotopic (exact) mass is 526 g/mol. The topological polar surface area (TPSA) is 131 Å². The van der Waals surface area contributed by atoms with Crippen LogP contribution >= 0.6 is 11.6 Å². The molecule has 4 rings (SSSR count). The summed E-state index contributed by atoms with van der Waals surface area (Å²) in [5.41, 5.74) is 2.69. The van der Waals surface area contributed by atoms with E-state index in [9.17, 15) is 18.0 Å². The first-order chi connectivity index (χ1) is 17.0. The van der Waals surface area contributed by atoms with Crippen LogP contribution in [0.25, 0.3) is 22.4 Å². The zero-order chi connectivity index (χ0) is 26.2. The molecule has 1 atom stereocenters. The predicted molar refractivity (Wildman–Crippen MR) is 137 cm³/mol. The van der Waals surface area contributed by atoms with Gasteiger partial charge in [0.05, 0.1) is 17.1 Å². The minimum Gasteiger partial charge on any atom is -0.454 e. The summed E-state index contributed by atoms with van der Waals surface area (Å²) < 4.78 is 33.6. The van der Waals surface area contributed by atoms with Gasteiger partial charge in [-0.2, -0.15) is 8.42 Å². The van der Waals surface area contributed by atoms with Gasteiger partial charge < -0.3 is 9.73 Å². The van der Waals surface area contributed by atoms with Gasteiger partial charge in [-0.05, 0) is 56.7 Å². The van der Waals surface area contributed by atoms with Crippen molar-refractivity contribution in [2.75, 3.05) is 5.32 Å². The molecule has 0 saturated heterocycles. The van der Waals surface area contributed by atoms with Crippen LogP contribution in [0.5, 0.6) is 0 Å². The lowest BCUT2D eigenvalue weighted by atomic mass is 9.99. The van der Waals surface area contributed by atoms with Crippen LogP contribution in [0.2, 0.25) is 5.15 Å². The van der Waals surface area contributed by atoms with E-state index in [4.69, 9.17) is 16.0 Å². The number of sulfonamides is 1. The van der Waals surface area contributed by atoms with Crippen molar-refractivity contribution in [1.82, 2.24) is 14.7 Å². The van der Waals surface area contributed by atoms with E-state index in [1.165, 1.54) is 12.1 Å². The summed E-state index contributed by atoms with van der Waals surface area (Å²) in [4.78, 5) is 33.0. The van der Waals surface area contributed by atoms with E-state index in [0.29, 0.717) is 33.6 Å². The SMILES string of the molecule is CC(=O)NS(=O)(=O)c1nc(Cl)ccc1N[C@H](C)c1cc(C)cc2c(=O)c(C)c(-c3ccccn3)oc12. The second-order valence-corrected chi connectivity index (χ2v) is 10.3. The van der Waals surface area contributed by atoms with Crippen molar-refractivity contribution in [2.45, 2.75) is 38.8 Å². The highest BCUT2D eigenvalue weighted by molar-refractivity contribution is 7.90. The van der Waals surface area contributed by atoms with Crippen LogP contribution in [0.4, 0.5) is 5.69 Å². The molecule has 186 valence electrons. The highest BCUT2D eigenvalue weighted by atomic mass is 35.5. The zero-order valence-corrected chi connectivity index (χ0v) is 21.5. The molecule has 3 aromatic heterocycles. The normalized spacial score (nSPS) is 12.4. The summed E-state index contributed by atoms with van der Waals surface area (Å²) in [6.07, 6.45) is 1.61. The smallest absolute Gasteiger partial charge is 0.283 e. The van der Waals surface area contributed by atoms with Crippen LogP contribution in [0.15, 0.2) is 62.9 Å². The number of halogens is 1. The molecular weight excluding hydrogens is 504 g/mol. The first-order valence-electron chi connectivity index (χ1n) is 10.9. The van der Waals surface area contributed by atoms with Crippen LogP contribution < -0.4 is 15.5 Å². The molecule has 0 spiro atoms. The Balaban J connectivity index is 1.87. The molecule has 0 aliphatic carbocycles. The Labute approximate surface area is 212 Å². The number of nitrogens with zero attached hydrogens (tertiary/aromatic N) is 2. The maximum absolute atomic E-state index is 13.3. The Bertz CT molecular complexity index is 1650. The highest BCUT2D eigenvalue weighted by Gasteiger charge is 2.25. The number of amides is 1. The molecular formula is C25H23ClN4O5S. The third-order valence-corrected chi connectivity index (χ3v) is 7.07. The lowest BCUT2D eigenvalue weighted by Crippen LogP contribution is -2.29. The molecule has 0 bridgehead atoms. The van der Waals surface area contributed by atoms with Crippen molar-refractivity contribution in [3.8, 4) is 11.5 Å². The number of benzene rings is 1. The Hall–Kier alpha value is -3.76. The molecule has 36 heavy (non-hydrogen) atoms. The van der Waals surface area contributed by atoms with Gasteiger partial charge in [-0.15, -0.1) is 0 Å². The van der Waals surface area contributed by atoms with Crippen molar-refractivity contribution < 1.29 is 17.6 Å². The molecule has 3 heterocycles. The Kier molecular flexibility index (Phi) is 6.83. The molecule has 0 aliphatic heterocycles. The minimum atomic E-state index is -4.29. The van der Waals surface area contributed by atoms with E-state index in [2.05, 4.69) is 15.3 Å². The number of carbonyl (C=O) groups excluding carboxylic acids is 1. The maximum Gasteiger partial charge on any atom is 0.283 e. The van der Waals surface area contributed by atoms with Gasteiger partial charge in [0.15, 0.2) is 11.2 Å². The van der Waals surface area contributed by atoms with Crippen LogP contribution in [-0.2, 0) is 14.8 Å². The fraction of sp³-hybridized carbons (Fsp3) is 0.200. The molecule has 0 fully saturated rings.